The fourth-order valence-corrected chi connectivity index (χ4v) is 5.56. The number of aromatic nitrogens is 2. The lowest BCUT2D eigenvalue weighted by molar-refractivity contribution is 0.0768. The summed E-state index contributed by atoms with van der Waals surface area (Å²) in [5.41, 5.74) is 4.25. The number of hydrogen-bond acceptors (Lipinski definition) is 3. The standard InChI is InChI=1S/C27H24ClFN4O/c28-21-10-8-18(9-11-21)26-24(33-12-4-3-7-25(33)30-26)17-31-13-19-15-32(16-20(19)14-31)27(34)22-5-1-2-6-23(22)29/h1-12,19-20H,13-17H2. The first-order chi connectivity index (χ1) is 16.6. The third kappa shape index (κ3) is 3.77. The average molecular weight is 475 g/mol. The fraction of sp³-hybridized carbons (Fsp3) is 0.259. The Balaban J connectivity index is 1.21. The molecule has 2 saturated heterocycles. The van der Waals surface area contributed by atoms with Crippen molar-refractivity contribution in [3.8, 4) is 11.3 Å². The van der Waals surface area contributed by atoms with Gasteiger partial charge in [-0.15, -0.1) is 0 Å². The molecule has 4 heterocycles. The molecule has 2 aliphatic rings. The van der Waals surface area contributed by atoms with Gasteiger partial charge >= 0.3 is 0 Å². The zero-order chi connectivity index (χ0) is 23.2. The van der Waals surface area contributed by atoms with E-state index in [0.29, 0.717) is 29.9 Å². The van der Waals surface area contributed by atoms with Crippen molar-refractivity contribution < 1.29 is 9.18 Å². The van der Waals surface area contributed by atoms with Gasteiger partial charge in [0.15, 0.2) is 0 Å². The Bertz CT molecular complexity index is 1350. The second kappa shape index (κ2) is 8.53. The zero-order valence-electron chi connectivity index (χ0n) is 18.6. The van der Waals surface area contributed by atoms with Gasteiger partial charge in [0.25, 0.3) is 5.91 Å². The van der Waals surface area contributed by atoms with Gasteiger partial charge in [-0.05, 0) is 48.2 Å². The van der Waals surface area contributed by atoms with Crippen LogP contribution in [0.1, 0.15) is 16.1 Å². The second-order valence-electron chi connectivity index (χ2n) is 9.25. The molecule has 2 atom stereocenters. The zero-order valence-corrected chi connectivity index (χ0v) is 19.3. The van der Waals surface area contributed by atoms with Crippen molar-refractivity contribution in [2.24, 2.45) is 11.8 Å². The van der Waals surface area contributed by atoms with Gasteiger partial charge in [0.05, 0.1) is 17.0 Å². The lowest BCUT2D eigenvalue weighted by Crippen LogP contribution is -2.33. The summed E-state index contributed by atoms with van der Waals surface area (Å²) in [6.45, 7) is 3.94. The predicted molar refractivity (Wildman–Crippen MR) is 130 cm³/mol. The van der Waals surface area contributed by atoms with Crippen molar-refractivity contribution in [1.29, 1.82) is 0 Å². The largest absolute Gasteiger partial charge is 0.338 e. The highest BCUT2D eigenvalue weighted by molar-refractivity contribution is 6.30. The summed E-state index contributed by atoms with van der Waals surface area (Å²) in [5, 5.41) is 0.705. The smallest absolute Gasteiger partial charge is 0.256 e. The Kier molecular flexibility index (Phi) is 5.35. The number of amides is 1. The van der Waals surface area contributed by atoms with Crippen LogP contribution in [-0.4, -0.2) is 51.3 Å². The van der Waals surface area contributed by atoms with Crippen molar-refractivity contribution in [2.45, 2.75) is 6.54 Å². The number of fused-ring (bicyclic) bond motifs is 2. The van der Waals surface area contributed by atoms with E-state index in [1.165, 1.54) is 6.07 Å². The average Bonchev–Trinajstić information content (AvgIpc) is 3.52. The SMILES string of the molecule is O=C(c1ccccc1F)N1CC2CN(Cc3c(-c4ccc(Cl)cc4)nc4ccccn34)CC2C1. The second-order valence-corrected chi connectivity index (χ2v) is 9.68. The molecule has 2 aliphatic heterocycles. The minimum atomic E-state index is -0.450. The summed E-state index contributed by atoms with van der Waals surface area (Å²) >= 11 is 6.11. The van der Waals surface area contributed by atoms with Crippen molar-refractivity contribution in [2.75, 3.05) is 26.2 Å². The minimum Gasteiger partial charge on any atom is -0.338 e. The number of carbonyl (C=O) groups excluding carboxylic acids is 1. The van der Waals surface area contributed by atoms with E-state index in [2.05, 4.69) is 15.5 Å². The molecule has 0 saturated carbocycles. The maximum Gasteiger partial charge on any atom is 0.256 e. The molecule has 34 heavy (non-hydrogen) atoms. The molecule has 6 rings (SSSR count). The van der Waals surface area contributed by atoms with Gasteiger partial charge < -0.3 is 9.30 Å². The maximum atomic E-state index is 14.1. The number of nitrogens with zero attached hydrogens (tertiary/aromatic N) is 4. The Morgan fingerprint density at radius 1 is 0.941 bits per heavy atom. The topological polar surface area (TPSA) is 40.9 Å². The van der Waals surface area contributed by atoms with Crippen molar-refractivity contribution in [3.05, 3.63) is 95.0 Å². The van der Waals surface area contributed by atoms with Crippen LogP contribution < -0.4 is 0 Å². The first-order valence-corrected chi connectivity index (χ1v) is 11.9. The first kappa shape index (κ1) is 21.3. The van der Waals surface area contributed by atoms with Gasteiger partial charge in [-0.25, -0.2) is 9.37 Å². The predicted octanol–water partition coefficient (Wildman–Crippen LogP) is 5.00. The van der Waals surface area contributed by atoms with Crippen LogP contribution in [0.15, 0.2) is 72.9 Å². The monoisotopic (exact) mass is 474 g/mol. The fourth-order valence-electron chi connectivity index (χ4n) is 5.44. The van der Waals surface area contributed by atoms with Gasteiger partial charge in [-0.3, -0.25) is 9.69 Å². The molecule has 1 amide bonds. The van der Waals surface area contributed by atoms with E-state index < -0.39 is 5.82 Å². The summed E-state index contributed by atoms with van der Waals surface area (Å²) in [4.78, 5) is 22.0. The summed E-state index contributed by atoms with van der Waals surface area (Å²) in [7, 11) is 0. The molecule has 0 spiro atoms. The lowest BCUT2D eigenvalue weighted by Gasteiger charge is -2.22. The molecule has 2 unspecified atom stereocenters. The van der Waals surface area contributed by atoms with Crippen LogP contribution in [0.25, 0.3) is 16.9 Å². The van der Waals surface area contributed by atoms with Crippen LogP contribution >= 0.6 is 11.6 Å². The van der Waals surface area contributed by atoms with Gasteiger partial charge in [0.1, 0.15) is 11.5 Å². The van der Waals surface area contributed by atoms with Crippen LogP contribution in [0, 0.1) is 17.7 Å². The van der Waals surface area contributed by atoms with E-state index in [1.807, 2.05) is 47.4 Å². The van der Waals surface area contributed by atoms with Crippen LogP contribution in [-0.2, 0) is 6.54 Å². The van der Waals surface area contributed by atoms with Crippen LogP contribution in [0.4, 0.5) is 4.39 Å². The molecule has 0 bridgehead atoms. The quantitative estimate of drug-likeness (QED) is 0.418. The molecule has 0 radical (unpaired) electrons. The third-order valence-corrected chi connectivity index (χ3v) is 7.33. The first-order valence-electron chi connectivity index (χ1n) is 11.5. The number of likely N-dealkylation sites (tertiary alicyclic amines) is 2. The van der Waals surface area contributed by atoms with Crippen LogP contribution in [0.3, 0.4) is 0 Å². The number of benzene rings is 2. The highest BCUT2D eigenvalue weighted by atomic mass is 35.5. The molecular weight excluding hydrogens is 451 g/mol. The van der Waals surface area contributed by atoms with E-state index in [1.54, 1.807) is 18.2 Å². The molecular formula is C27H24ClFN4O. The van der Waals surface area contributed by atoms with Gasteiger partial charge in [0.2, 0.25) is 0 Å². The highest BCUT2D eigenvalue weighted by Crippen LogP contribution is 2.34. The van der Waals surface area contributed by atoms with Crippen molar-refractivity contribution in [3.63, 3.8) is 0 Å². The van der Waals surface area contributed by atoms with Crippen LogP contribution in [0.5, 0.6) is 0 Å². The minimum absolute atomic E-state index is 0.165. The molecule has 0 N–H and O–H groups in total. The van der Waals surface area contributed by atoms with E-state index >= 15 is 0 Å². The van der Waals surface area contributed by atoms with Gasteiger partial charge in [-0.1, -0.05) is 41.9 Å². The summed E-state index contributed by atoms with van der Waals surface area (Å²) < 4.78 is 16.3. The van der Waals surface area contributed by atoms with E-state index in [9.17, 15) is 9.18 Å². The Labute approximate surface area is 202 Å². The number of halogens is 2. The van der Waals surface area contributed by atoms with E-state index in [4.69, 9.17) is 16.6 Å². The van der Waals surface area contributed by atoms with Gasteiger partial charge in [-0.2, -0.15) is 0 Å². The maximum absolute atomic E-state index is 14.1. The summed E-state index contributed by atoms with van der Waals surface area (Å²) in [6.07, 6.45) is 2.06. The van der Waals surface area contributed by atoms with Gasteiger partial charge in [0, 0.05) is 49.5 Å². The molecule has 172 valence electrons. The molecule has 2 fully saturated rings. The molecule has 5 nitrogen and oxygen atoms in total. The molecule has 7 heteroatoms. The molecule has 2 aromatic carbocycles. The summed E-state index contributed by atoms with van der Waals surface area (Å²) in [5.74, 6) is 0.141. The Morgan fingerprint density at radius 3 is 2.38 bits per heavy atom. The highest BCUT2D eigenvalue weighted by Gasteiger charge is 2.42. The number of imidazole rings is 1. The number of hydrogen-bond donors (Lipinski definition) is 0. The molecule has 2 aromatic heterocycles. The number of rotatable bonds is 4. The van der Waals surface area contributed by atoms with Crippen molar-refractivity contribution in [1.82, 2.24) is 19.2 Å². The molecule has 0 aliphatic carbocycles. The number of pyridine rings is 1. The third-order valence-electron chi connectivity index (χ3n) is 7.07. The molecule has 4 aromatic rings. The Hall–Kier alpha value is -3.22. The van der Waals surface area contributed by atoms with E-state index in [-0.39, 0.29) is 11.5 Å². The normalized spacial score (nSPS) is 20.2. The number of carbonyl (C=O) groups is 1. The lowest BCUT2D eigenvalue weighted by atomic mass is 10.0. The summed E-state index contributed by atoms with van der Waals surface area (Å²) in [6, 6.07) is 20.1. The Morgan fingerprint density at radius 2 is 1.65 bits per heavy atom. The van der Waals surface area contributed by atoms with Crippen molar-refractivity contribution >= 4 is 23.2 Å². The van der Waals surface area contributed by atoms with E-state index in [0.717, 1.165) is 42.2 Å². The van der Waals surface area contributed by atoms with Crippen LogP contribution in [0.2, 0.25) is 5.02 Å².